The second-order valence-electron chi connectivity index (χ2n) is 15.3. The van der Waals surface area contributed by atoms with E-state index in [1.54, 1.807) is 57.3 Å². The Morgan fingerprint density at radius 1 is 0.550 bits per heavy atom. The Labute approximate surface area is 344 Å². The topological polar surface area (TPSA) is 173 Å². The molecular weight excluding hydrogens is 789 g/mol. The summed E-state index contributed by atoms with van der Waals surface area (Å²) in [4.78, 5) is 75.9. The fraction of sp³-hybridized carbons (Fsp3) is 0.318. The fourth-order valence-electron chi connectivity index (χ4n) is 5.31. The molecule has 318 valence electrons. The number of rotatable bonds is 17. The van der Waals surface area contributed by atoms with Crippen LogP contribution >= 0.6 is 0 Å². The molecule has 0 fully saturated rings. The summed E-state index contributed by atoms with van der Waals surface area (Å²) in [5, 5.41) is 5.75. The Kier molecular flexibility index (Phi) is 14.8. The molecule has 0 heterocycles. The second-order valence-corrected chi connectivity index (χ2v) is 15.3. The molecule has 0 aromatic heterocycles. The van der Waals surface area contributed by atoms with E-state index in [1.807, 2.05) is 12.1 Å². The zero-order valence-electron chi connectivity index (χ0n) is 34.0. The van der Waals surface area contributed by atoms with Crippen molar-refractivity contribution in [2.45, 2.75) is 47.7 Å². The summed E-state index contributed by atoms with van der Waals surface area (Å²) in [5.74, 6) is -4.84. The third-order valence-corrected chi connectivity index (χ3v) is 8.61. The SMILES string of the molecule is CNc1ccc(Oc2ccc(NC(=O)c3cc(-c4ccc(C(=O)OCC(C)(C)COC(C)=O)c(C(C)=O)c4)ccc3C(=O)OCC(C)(C)COC(=O)C(F)(F)F)cc2)cc1. The van der Waals surface area contributed by atoms with E-state index in [-0.39, 0.29) is 35.5 Å². The van der Waals surface area contributed by atoms with Crippen molar-refractivity contribution in [3.05, 3.63) is 107 Å². The molecule has 2 N–H and O–H groups in total. The molecule has 4 rings (SSSR count). The zero-order chi connectivity index (χ0) is 44.4. The molecule has 0 atom stereocenters. The van der Waals surface area contributed by atoms with E-state index in [0.29, 0.717) is 28.3 Å². The maximum Gasteiger partial charge on any atom is 0.490 e. The number of alkyl halides is 3. The van der Waals surface area contributed by atoms with Crippen LogP contribution in [0.4, 0.5) is 24.5 Å². The van der Waals surface area contributed by atoms with Gasteiger partial charge in [-0.3, -0.25) is 14.4 Å². The molecule has 0 aliphatic rings. The van der Waals surface area contributed by atoms with E-state index in [0.717, 1.165) is 5.69 Å². The van der Waals surface area contributed by atoms with Crippen LogP contribution in [0.15, 0.2) is 84.9 Å². The molecule has 0 saturated carbocycles. The van der Waals surface area contributed by atoms with Gasteiger partial charge in [-0.05, 0) is 90.8 Å². The Bertz CT molecular complexity index is 2230. The van der Waals surface area contributed by atoms with Gasteiger partial charge in [-0.2, -0.15) is 13.2 Å². The third kappa shape index (κ3) is 13.2. The molecule has 4 aromatic rings. The molecular formula is C44H45F3N2O11. The van der Waals surface area contributed by atoms with Gasteiger partial charge >= 0.3 is 30.1 Å². The molecule has 0 aliphatic heterocycles. The molecule has 13 nitrogen and oxygen atoms in total. The normalized spacial score (nSPS) is 11.5. The lowest BCUT2D eigenvalue weighted by atomic mass is 9.94. The fourth-order valence-corrected chi connectivity index (χ4v) is 5.31. The van der Waals surface area contributed by atoms with Crippen molar-refractivity contribution >= 4 is 46.9 Å². The predicted octanol–water partition coefficient (Wildman–Crippen LogP) is 8.68. The average Bonchev–Trinajstić information content (AvgIpc) is 3.20. The smallest absolute Gasteiger partial charge is 0.465 e. The van der Waals surface area contributed by atoms with E-state index in [9.17, 15) is 41.9 Å². The number of amides is 1. The Morgan fingerprint density at radius 3 is 1.43 bits per heavy atom. The highest BCUT2D eigenvalue weighted by atomic mass is 19.4. The molecule has 4 aromatic carbocycles. The minimum atomic E-state index is -5.21. The summed E-state index contributed by atoms with van der Waals surface area (Å²) in [5.41, 5.74) is -0.408. The van der Waals surface area contributed by atoms with Gasteiger partial charge in [-0.1, -0.05) is 39.8 Å². The number of esters is 4. The van der Waals surface area contributed by atoms with E-state index < -0.39 is 65.8 Å². The second kappa shape index (κ2) is 19.4. The van der Waals surface area contributed by atoms with E-state index in [4.69, 9.17) is 18.9 Å². The van der Waals surface area contributed by atoms with Gasteiger partial charge in [0.15, 0.2) is 5.78 Å². The number of hydrogen-bond acceptors (Lipinski definition) is 12. The number of anilines is 2. The van der Waals surface area contributed by atoms with Crippen LogP contribution in [-0.4, -0.2) is 75.2 Å². The lowest BCUT2D eigenvalue weighted by Crippen LogP contribution is -2.33. The maximum absolute atomic E-state index is 13.9. The molecule has 0 unspecified atom stereocenters. The van der Waals surface area contributed by atoms with Crippen LogP contribution in [0.5, 0.6) is 11.5 Å². The minimum Gasteiger partial charge on any atom is -0.465 e. The van der Waals surface area contributed by atoms with Crippen LogP contribution in [0.3, 0.4) is 0 Å². The summed E-state index contributed by atoms with van der Waals surface area (Å²) >= 11 is 0. The van der Waals surface area contributed by atoms with Crippen LogP contribution in [0.1, 0.15) is 83.0 Å². The maximum atomic E-state index is 13.9. The number of hydrogen-bond donors (Lipinski definition) is 2. The first kappa shape index (κ1) is 46.0. The molecule has 0 aliphatic carbocycles. The van der Waals surface area contributed by atoms with Gasteiger partial charge in [0.2, 0.25) is 0 Å². The Balaban J connectivity index is 1.62. The molecule has 0 spiro atoms. The van der Waals surface area contributed by atoms with E-state index in [2.05, 4.69) is 15.4 Å². The van der Waals surface area contributed by atoms with Gasteiger partial charge in [-0.25, -0.2) is 14.4 Å². The highest BCUT2D eigenvalue weighted by Gasteiger charge is 2.42. The molecule has 1 amide bonds. The largest absolute Gasteiger partial charge is 0.490 e. The van der Waals surface area contributed by atoms with Crippen molar-refractivity contribution in [3.63, 3.8) is 0 Å². The quantitative estimate of drug-likeness (QED) is 0.0590. The standard InChI is InChI=1S/C44H45F3N2O11/c1-26(50)36-20-28(8-18-34(36)39(53)57-23-42(3,4)22-56-27(2)51)29-9-19-35(40(54)58-24-43(5,6)25-59-41(55)44(45,46)47)37(21-29)38(52)49-31-12-16-33(17-13-31)60-32-14-10-30(48-7)11-15-32/h8-21,48H,22-25H2,1-7H3,(H,49,52). The summed E-state index contributed by atoms with van der Waals surface area (Å²) in [6, 6.07) is 22.2. The summed E-state index contributed by atoms with van der Waals surface area (Å²) in [6.07, 6.45) is -5.21. The number of ketones is 1. The van der Waals surface area contributed by atoms with Crippen molar-refractivity contribution in [1.29, 1.82) is 0 Å². The number of halogens is 3. The number of ether oxygens (including phenoxy) is 5. The summed E-state index contributed by atoms with van der Waals surface area (Å²) < 4.78 is 64.3. The van der Waals surface area contributed by atoms with Gasteiger partial charge in [0.05, 0.1) is 43.1 Å². The molecule has 60 heavy (non-hydrogen) atoms. The summed E-state index contributed by atoms with van der Waals surface area (Å²) in [7, 11) is 1.79. The Hall–Kier alpha value is -6.71. The van der Waals surface area contributed by atoms with Crippen molar-refractivity contribution in [1.82, 2.24) is 0 Å². The van der Waals surface area contributed by atoms with Gasteiger partial charge in [0, 0.05) is 41.7 Å². The number of carbonyl (C=O) groups excluding carboxylic acids is 6. The number of benzene rings is 4. The minimum absolute atomic E-state index is 0.00519. The van der Waals surface area contributed by atoms with Gasteiger partial charge in [0.25, 0.3) is 5.91 Å². The average molecular weight is 835 g/mol. The summed E-state index contributed by atoms with van der Waals surface area (Å²) in [6.45, 7) is 7.49. The Morgan fingerprint density at radius 2 is 0.983 bits per heavy atom. The van der Waals surface area contributed by atoms with Crippen LogP contribution < -0.4 is 15.4 Å². The van der Waals surface area contributed by atoms with Gasteiger partial charge in [-0.15, -0.1) is 0 Å². The van der Waals surface area contributed by atoms with Crippen LogP contribution in [0.25, 0.3) is 11.1 Å². The number of Topliss-reactive ketones (excluding diaryl/α,β-unsaturated/α-hetero) is 1. The molecule has 16 heteroatoms. The molecule has 0 bridgehead atoms. The molecule has 0 saturated heterocycles. The predicted molar refractivity (Wildman–Crippen MR) is 214 cm³/mol. The zero-order valence-corrected chi connectivity index (χ0v) is 34.0. The van der Waals surface area contributed by atoms with Crippen molar-refractivity contribution < 1.29 is 65.6 Å². The van der Waals surface area contributed by atoms with Crippen molar-refractivity contribution in [3.8, 4) is 22.6 Å². The highest BCUT2D eigenvalue weighted by molar-refractivity contribution is 6.12. The van der Waals surface area contributed by atoms with Gasteiger partial charge in [0.1, 0.15) is 11.5 Å². The lowest BCUT2D eigenvalue weighted by molar-refractivity contribution is -0.202. The van der Waals surface area contributed by atoms with Crippen LogP contribution in [-0.2, 0) is 28.5 Å². The van der Waals surface area contributed by atoms with Crippen LogP contribution in [0, 0.1) is 10.8 Å². The van der Waals surface area contributed by atoms with Crippen LogP contribution in [0.2, 0.25) is 0 Å². The van der Waals surface area contributed by atoms with E-state index >= 15 is 0 Å². The first-order chi connectivity index (χ1) is 28.1. The number of nitrogens with one attached hydrogen (secondary N) is 2. The number of carbonyl (C=O) groups is 6. The monoisotopic (exact) mass is 834 g/mol. The van der Waals surface area contributed by atoms with Crippen molar-refractivity contribution in [2.24, 2.45) is 10.8 Å². The molecule has 0 radical (unpaired) electrons. The van der Waals surface area contributed by atoms with E-state index in [1.165, 1.54) is 64.1 Å². The van der Waals surface area contributed by atoms with Crippen molar-refractivity contribution in [2.75, 3.05) is 44.1 Å². The first-order valence-electron chi connectivity index (χ1n) is 18.5. The van der Waals surface area contributed by atoms with Gasteiger partial charge < -0.3 is 34.3 Å². The first-order valence-corrected chi connectivity index (χ1v) is 18.5. The lowest BCUT2D eigenvalue weighted by Gasteiger charge is -2.24. The highest BCUT2D eigenvalue weighted by Crippen LogP contribution is 2.30. The third-order valence-electron chi connectivity index (χ3n) is 8.61.